The molecule has 2 amide bonds. The van der Waals surface area contributed by atoms with E-state index in [1.807, 2.05) is 45.9 Å². The molecule has 1 aromatic carbocycles. The van der Waals surface area contributed by atoms with E-state index >= 15 is 0 Å². The Bertz CT molecular complexity index is 1220. The van der Waals surface area contributed by atoms with E-state index in [0.717, 1.165) is 32.1 Å². The van der Waals surface area contributed by atoms with Crippen molar-refractivity contribution in [2.24, 2.45) is 17.3 Å². The molecule has 0 bridgehead atoms. The highest BCUT2D eigenvalue weighted by Gasteiger charge is 2.62. The molecule has 4 rings (SSSR count). The van der Waals surface area contributed by atoms with Crippen molar-refractivity contribution in [1.82, 2.24) is 20.4 Å². The van der Waals surface area contributed by atoms with E-state index in [1.165, 1.54) is 4.68 Å². The molecule has 1 unspecified atom stereocenters. The lowest BCUT2D eigenvalue weighted by Gasteiger charge is -2.36. The van der Waals surface area contributed by atoms with Crippen molar-refractivity contribution in [2.45, 2.75) is 90.8 Å². The monoisotopic (exact) mass is 526 g/mol. The first-order valence-corrected chi connectivity index (χ1v) is 13.7. The minimum absolute atomic E-state index is 0.0521. The Labute approximate surface area is 223 Å². The average molecular weight is 527 g/mol. The molecule has 1 aromatic heterocycles. The van der Waals surface area contributed by atoms with Gasteiger partial charge in [0, 0.05) is 22.9 Å². The fraction of sp³-hybridized carbons (Fsp3) is 0.607. The van der Waals surface area contributed by atoms with Gasteiger partial charge in [0.15, 0.2) is 0 Å². The number of Topliss-reactive ketones (excluding diaryl/α,β-unsaturated/α-hetero) is 1. The largest absolute Gasteiger partial charge is 0.406 e. The van der Waals surface area contributed by atoms with Crippen LogP contribution >= 0.6 is 12.2 Å². The highest BCUT2D eigenvalue weighted by Crippen LogP contribution is 2.59. The summed E-state index contributed by atoms with van der Waals surface area (Å²) in [5.41, 5.74) is -0.850. The van der Waals surface area contributed by atoms with Crippen molar-refractivity contribution >= 4 is 29.8 Å². The van der Waals surface area contributed by atoms with E-state index in [4.69, 9.17) is 16.6 Å². The number of hydrogen-bond acceptors (Lipinski definition) is 6. The van der Waals surface area contributed by atoms with E-state index in [9.17, 15) is 14.4 Å². The normalized spacial score (nSPS) is 24.6. The summed E-state index contributed by atoms with van der Waals surface area (Å²) in [7, 11) is 0. The number of aromatic nitrogens is 2. The molecule has 4 atom stereocenters. The lowest BCUT2D eigenvalue weighted by atomic mass is 9.74. The van der Waals surface area contributed by atoms with Crippen molar-refractivity contribution in [3.8, 4) is 0 Å². The van der Waals surface area contributed by atoms with Crippen molar-refractivity contribution in [2.75, 3.05) is 0 Å². The average Bonchev–Trinajstić information content (AvgIpc) is 3.34. The number of rotatable bonds is 9. The van der Waals surface area contributed by atoms with E-state index < -0.39 is 5.54 Å². The molecule has 200 valence electrons. The standard InChI is InChI=1S/C28H38N4O4S/c1-17(2)15-27(5,22(33)25-31-32(18(3)4)26(37)36-25)30-24(35)20-13-9-10-14-28(20)16-21(28)29-23(34)19-11-7-6-8-12-19/h6-8,11-12,17-18,20-21H,9-10,13-16H2,1-5H3,(H,29,34)(H,30,35)/t20-,21?,27-,28+/m0/s1. The summed E-state index contributed by atoms with van der Waals surface area (Å²) >= 11 is 5.25. The van der Waals surface area contributed by atoms with E-state index in [2.05, 4.69) is 15.7 Å². The fourth-order valence-electron chi connectivity index (χ4n) is 5.98. The minimum Gasteiger partial charge on any atom is -0.406 e. The second-order valence-electron chi connectivity index (χ2n) is 11.6. The first-order valence-electron chi connectivity index (χ1n) is 13.3. The first-order chi connectivity index (χ1) is 17.5. The molecule has 2 aromatic rings. The minimum atomic E-state index is -1.19. The highest BCUT2D eigenvalue weighted by atomic mass is 32.1. The Hall–Kier alpha value is -2.81. The molecule has 0 saturated heterocycles. The van der Waals surface area contributed by atoms with Crippen LogP contribution < -0.4 is 10.6 Å². The van der Waals surface area contributed by atoms with Crippen LogP contribution in [0, 0.1) is 22.1 Å². The van der Waals surface area contributed by atoms with Crippen LogP contribution in [0.4, 0.5) is 0 Å². The van der Waals surface area contributed by atoms with Crippen LogP contribution in [0.1, 0.15) is 100 Å². The summed E-state index contributed by atoms with van der Waals surface area (Å²) < 4.78 is 7.07. The molecule has 2 aliphatic rings. The molecule has 0 radical (unpaired) electrons. The molecular weight excluding hydrogens is 488 g/mol. The Morgan fingerprint density at radius 1 is 1.19 bits per heavy atom. The van der Waals surface area contributed by atoms with E-state index in [1.54, 1.807) is 19.1 Å². The molecule has 1 spiro atoms. The van der Waals surface area contributed by atoms with Gasteiger partial charge in [-0.2, -0.15) is 0 Å². The van der Waals surface area contributed by atoms with Gasteiger partial charge >= 0.3 is 0 Å². The summed E-state index contributed by atoms with van der Waals surface area (Å²) in [5, 5.41) is 10.6. The van der Waals surface area contributed by atoms with Gasteiger partial charge in [-0.3, -0.25) is 14.4 Å². The molecule has 1 heterocycles. The van der Waals surface area contributed by atoms with Crippen LogP contribution in [0.25, 0.3) is 0 Å². The number of amides is 2. The van der Waals surface area contributed by atoms with Crippen molar-refractivity contribution in [3.63, 3.8) is 0 Å². The van der Waals surface area contributed by atoms with Crippen molar-refractivity contribution in [1.29, 1.82) is 0 Å². The number of carbonyl (C=O) groups excluding carboxylic acids is 3. The lowest BCUT2D eigenvalue weighted by Crippen LogP contribution is -2.56. The Kier molecular flexibility index (Phi) is 7.74. The zero-order valence-electron chi connectivity index (χ0n) is 22.4. The second kappa shape index (κ2) is 10.5. The van der Waals surface area contributed by atoms with Crippen molar-refractivity contribution in [3.05, 3.63) is 46.6 Å². The molecule has 2 aliphatic carbocycles. The van der Waals surface area contributed by atoms with Gasteiger partial charge in [-0.15, -0.1) is 5.10 Å². The van der Waals surface area contributed by atoms with Gasteiger partial charge in [0.1, 0.15) is 5.54 Å². The summed E-state index contributed by atoms with van der Waals surface area (Å²) in [4.78, 5) is 40.4. The molecule has 9 heteroatoms. The number of carbonyl (C=O) groups is 3. The highest BCUT2D eigenvalue weighted by molar-refractivity contribution is 7.71. The topological polar surface area (TPSA) is 106 Å². The van der Waals surface area contributed by atoms with Crippen LogP contribution in [0.2, 0.25) is 0 Å². The summed E-state index contributed by atoms with van der Waals surface area (Å²) in [6.07, 6.45) is 4.79. The van der Waals surface area contributed by atoms with Crippen LogP contribution in [-0.2, 0) is 4.79 Å². The van der Waals surface area contributed by atoms with Gasteiger partial charge in [0.2, 0.25) is 11.7 Å². The van der Waals surface area contributed by atoms with Gasteiger partial charge in [0.05, 0.1) is 6.04 Å². The number of nitrogens with one attached hydrogen (secondary N) is 2. The van der Waals surface area contributed by atoms with Gasteiger partial charge in [-0.25, -0.2) is 4.68 Å². The zero-order chi connectivity index (χ0) is 27.0. The molecule has 2 fully saturated rings. The summed E-state index contributed by atoms with van der Waals surface area (Å²) in [6, 6.07) is 9.03. The van der Waals surface area contributed by atoms with Gasteiger partial charge in [-0.05, 0) is 76.7 Å². The fourth-order valence-corrected chi connectivity index (χ4v) is 6.31. The summed E-state index contributed by atoms with van der Waals surface area (Å²) in [5.74, 6) is -0.858. The maximum Gasteiger partial charge on any atom is 0.287 e. The third-order valence-electron chi connectivity index (χ3n) is 7.82. The first kappa shape index (κ1) is 27.2. The predicted octanol–water partition coefficient (Wildman–Crippen LogP) is 5.27. The maximum absolute atomic E-state index is 13.8. The molecule has 37 heavy (non-hydrogen) atoms. The molecule has 0 aliphatic heterocycles. The van der Waals surface area contributed by atoms with Crippen molar-refractivity contribution < 1.29 is 18.8 Å². The Balaban J connectivity index is 1.53. The predicted molar refractivity (Wildman–Crippen MR) is 143 cm³/mol. The van der Waals surface area contributed by atoms with Crippen LogP contribution in [0.15, 0.2) is 34.7 Å². The van der Waals surface area contributed by atoms with Crippen LogP contribution in [0.5, 0.6) is 0 Å². The van der Waals surface area contributed by atoms with Gasteiger partial charge in [0.25, 0.3) is 16.6 Å². The van der Waals surface area contributed by atoms with Gasteiger partial charge < -0.3 is 15.1 Å². The third-order valence-corrected chi connectivity index (χ3v) is 8.09. The maximum atomic E-state index is 13.8. The number of benzene rings is 1. The smallest absolute Gasteiger partial charge is 0.287 e. The van der Waals surface area contributed by atoms with E-state index in [0.29, 0.717) is 12.0 Å². The van der Waals surface area contributed by atoms with Crippen LogP contribution in [-0.4, -0.2) is 39.0 Å². The molecule has 2 saturated carbocycles. The van der Waals surface area contributed by atoms with Crippen LogP contribution in [0.3, 0.4) is 0 Å². The van der Waals surface area contributed by atoms with E-state index in [-0.39, 0.29) is 57.7 Å². The Morgan fingerprint density at radius 3 is 2.51 bits per heavy atom. The molecule has 2 N–H and O–H groups in total. The van der Waals surface area contributed by atoms with Gasteiger partial charge in [-0.1, -0.05) is 44.9 Å². The number of ketones is 1. The number of nitrogens with zero attached hydrogens (tertiary/aromatic N) is 2. The number of hydrogen-bond donors (Lipinski definition) is 2. The SMILES string of the molecule is CC(C)C[C@](C)(NC(=O)[C@@H]1CCCC[C@@]12CC2NC(=O)c1ccccc1)C(=O)c1nn(C(C)C)c(=S)o1. The second-order valence-corrected chi connectivity index (χ2v) is 11.9. The Morgan fingerprint density at radius 2 is 1.89 bits per heavy atom. The third kappa shape index (κ3) is 5.56. The molecule has 8 nitrogen and oxygen atoms in total. The lowest BCUT2D eigenvalue weighted by molar-refractivity contribution is -0.130. The summed E-state index contributed by atoms with van der Waals surface area (Å²) in [6.45, 7) is 9.59. The quantitative estimate of drug-likeness (QED) is 0.341. The zero-order valence-corrected chi connectivity index (χ0v) is 23.2. The molecular formula is C28H38N4O4S.